The minimum absolute atomic E-state index is 0. The quantitative estimate of drug-likeness (QED) is 0.150. The van der Waals surface area contributed by atoms with E-state index in [-0.39, 0.29) is 24.0 Å². The zero-order valence-corrected chi connectivity index (χ0v) is 24.2. The lowest BCUT2D eigenvalue weighted by Gasteiger charge is -2.54. The highest BCUT2D eigenvalue weighted by molar-refractivity contribution is 4.97. The number of halogens is 1. The van der Waals surface area contributed by atoms with Gasteiger partial charge in [0.2, 0.25) is 0 Å². The first-order valence-corrected chi connectivity index (χ1v) is 14.9. The van der Waals surface area contributed by atoms with Crippen molar-refractivity contribution in [2.45, 2.75) is 122 Å². The summed E-state index contributed by atoms with van der Waals surface area (Å²) in [5.74, 6) is 0. The monoisotopic (exact) mass is 574 g/mol. The van der Waals surface area contributed by atoms with Crippen LogP contribution in [-0.4, -0.2) is 90.4 Å². The highest BCUT2D eigenvalue weighted by Crippen LogP contribution is 2.39. The second-order valence-electron chi connectivity index (χ2n) is 11.6. The molecule has 3 unspecified atom stereocenters. The fraction of sp³-hybridized carbons (Fsp3) is 1.00. The molecule has 33 heavy (non-hydrogen) atoms. The van der Waals surface area contributed by atoms with Crippen molar-refractivity contribution in [3.05, 3.63) is 0 Å². The van der Waals surface area contributed by atoms with Crippen LogP contribution in [0.5, 0.6) is 0 Å². The lowest BCUT2D eigenvalue weighted by Crippen LogP contribution is -3.00. The lowest BCUT2D eigenvalue weighted by atomic mass is 10.0. The van der Waals surface area contributed by atoms with Gasteiger partial charge in [-0.25, -0.2) is 4.90 Å². The van der Waals surface area contributed by atoms with Gasteiger partial charge in [0.25, 0.3) is 0 Å². The van der Waals surface area contributed by atoms with Gasteiger partial charge in [-0.15, -0.1) is 0 Å². The van der Waals surface area contributed by atoms with Crippen LogP contribution in [0.3, 0.4) is 0 Å². The normalized spacial score (nSPS) is 29.4. The third-order valence-corrected chi connectivity index (χ3v) is 9.42. The second-order valence-corrected chi connectivity index (χ2v) is 11.6. The number of quaternary nitrogens is 1. The fourth-order valence-electron chi connectivity index (χ4n) is 7.43. The molecule has 3 atom stereocenters. The van der Waals surface area contributed by atoms with E-state index in [1.54, 1.807) is 0 Å². The summed E-state index contributed by atoms with van der Waals surface area (Å²) in [7, 11) is 0. The molecule has 5 heteroatoms. The fourth-order valence-corrected chi connectivity index (χ4v) is 7.43. The molecule has 0 aliphatic carbocycles. The number of rotatable bonds is 17. The van der Waals surface area contributed by atoms with Gasteiger partial charge in [-0.2, -0.15) is 0 Å². The molecule has 0 spiro atoms. The number of piperazine rings is 2. The van der Waals surface area contributed by atoms with Crippen LogP contribution in [0.4, 0.5) is 0 Å². The molecule has 4 heterocycles. The minimum Gasteiger partial charge on any atom is -1.00 e. The Hall–Kier alpha value is 0.570. The van der Waals surface area contributed by atoms with Gasteiger partial charge in [-0.05, 0) is 12.8 Å². The maximum Gasteiger partial charge on any atom is 0.175 e. The molecule has 4 saturated heterocycles. The Morgan fingerprint density at radius 2 is 0.909 bits per heavy atom. The van der Waals surface area contributed by atoms with Gasteiger partial charge in [0.15, 0.2) is 6.17 Å². The first kappa shape index (κ1) is 28.1. The predicted molar refractivity (Wildman–Crippen MR) is 137 cm³/mol. The first-order valence-electron chi connectivity index (χ1n) is 14.9. The van der Waals surface area contributed by atoms with E-state index >= 15 is 0 Å². The van der Waals surface area contributed by atoms with Crippen molar-refractivity contribution in [2.24, 2.45) is 0 Å². The van der Waals surface area contributed by atoms with Gasteiger partial charge in [-0.1, -0.05) is 96.8 Å². The molecule has 4 aliphatic heterocycles. The molecule has 194 valence electrons. The van der Waals surface area contributed by atoms with E-state index in [2.05, 4.69) is 21.6 Å². The SMILES string of the molecule is CCCCCCCCCCCCCCCCCC[N+]12CCN3CCN4CCN(CC1)C2C43.[I-]. The minimum atomic E-state index is 0. The molecule has 4 rings (SSSR count). The predicted octanol–water partition coefficient (Wildman–Crippen LogP) is 2.68. The van der Waals surface area contributed by atoms with Crippen LogP contribution in [0.1, 0.15) is 110 Å². The number of unbranched alkanes of at least 4 members (excludes halogenated alkanes) is 15. The molecule has 0 aromatic heterocycles. The maximum atomic E-state index is 2.87. The molecule has 4 aliphatic rings. The van der Waals surface area contributed by atoms with E-state index in [0.29, 0.717) is 0 Å². The van der Waals surface area contributed by atoms with Gasteiger partial charge in [-0.3, -0.25) is 9.80 Å². The average Bonchev–Trinajstić information content (AvgIpc) is 3.39. The van der Waals surface area contributed by atoms with Crippen molar-refractivity contribution in [2.75, 3.05) is 58.9 Å². The standard InChI is InChI=1S/C28H55N4.HI/c1-2-3-4-5-6-7-8-9-10-11-12-13-14-15-16-17-24-32-25-22-30-19-18-29-20-21-31(23-26-32)28(32)27(29)30;/h27-28H,2-26H2,1H3;1H/q+1;/p-1. The summed E-state index contributed by atoms with van der Waals surface area (Å²) in [6, 6.07) is 0. The molecule has 0 amide bonds. The topological polar surface area (TPSA) is 9.72 Å². The van der Waals surface area contributed by atoms with Crippen LogP contribution in [0, 0.1) is 0 Å². The van der Waals surface area contributed by atoms with Crippen molar-refractivity contribution < 1.29 is 28.5 Å². The first-order chi connectivity index (χ1) is 15.8. The Labute approximate surface area is 223 Å². The van der Waals surface area contributed by atoms with E-state index < -0.39 is 0 Å². The summed E-state index contributed by atoms with van der Waals surface area (Å²) in [6.45, 7) is 14.6. The highest BCUT2D eigenvalue weighted by atomic mass is 127. The Bertz CT molecular complexity index is 526. The molecule has 0 aromatic rings. The largest absolute Gasteiger partial charge is 1.00 e. The molecular formula is C28H55IN4. The van der Waals surface area contributed by atoms with Crippen molar-refractivity contribution in [1.82, 2.24) is 14.7 Å². The van der Waals surface area contributed by atoms with Crippen molar-refractivity contribution in [3.8, 4) is 0 Å². The van der Waals surface area contributed by atoms with Gasteiger partial charge in [0, 0.05) is 32.7 Å². The van der Waals surface area contributed by atoms with Crippen molar-refractivity contribution in [1.29, 1.82) is 0 Å². The summed E-state index contributed by atoms with van der Waals surface area (Å²) in [6.07, 6.45) is 25.1. The van der Waals surface area contributed by atoms with Crippen LogP contribution in [0.15, 0.2) is 0 Å². The summed E-state index contributed by atoms with van der Waals surface area (Å²) in [5.41, 5.74) is 0. The smallest absolute Gasteiger partial charge is 0.175 e. The molecule has 4 fully saturated rings. The van der Waals surface area contributed by atoms with Crippen LogP contribution >= 0.6 is 0 Å². The molecule has 0 radical (unpaired) electrons. The molecule has 4 nitrogen and oxygen atoms in total. The van der Waals surface area contributed by atoms with Gasteiger partial charge >= 0.3 is 0 Å². The van der Waals surface area contributed by atoms with Crippen molar-refractivity contribution in [3.63, 3.8) is 0 Å². The summed E-state index contributed by atoms with van der Waals surface area (Å²) in [4.78, 5) is 8.49. The lowest BCUT2D eigenvalue weighted by molar-refractivity contribution is -0.954. The van der Waals surface area contributed by atoms with Gasteiger partial charge < -0.3 is 28.5 Å². The number of hydrogen-bond acceptors (Lipinski definition) is 3. The van der Waals surface area contributed by atoms with Crippen LogP contribution in [-0.2, 0) is 0 Å². The highest BCUT2D eigenvalue weighted by Gasteiger charge is 2.59. The maximum absolute atomic E-state index is 2.87. The third-order valence-electron chi connectivity index (χ3n) is 9.42. The zero-order chi connectivity index (χ0) is 22.1. The summed E-state index contributed by atoms with van der Waals surface area (Å²) in [5, 5.41) is 0. The van der Waals surface area contributed by atoms with E-state index in [9.17, 15) is 0 Å². The number of hydrogen-bond donors (Lipinski definition) is 0. The Morgan fingerprint density at radius 1 is 0.515 bits per heavy atom. The molecule has 0 bridgehead atoms. The van der Waals surface area contributed by atoms with E-state index in [0.717, 1.165) is 12.3 Å². The molecular weight excluding hydrogens is 519 g/mol. The molecule has 0 N–H and O–H groups in total. The Balaban J connectivity index is 0.00000306. The van der Waals surface area contributed by atoms with Gasteiger partial charge in [0.1, 0.15) is 6.17 Å². The van der Waals surface area contributed by atoms with Crippen LogP contribution < -0.4 is 24.0 Å². The van der Waals surface area contributed by atoms with Crippen molar-refractivity contribution >= 4 is 0 Å². The van der Waals surface area contributed by atoms with E-state index in [1.807, 2.05) is 0 Å². The zero-order valence-electron chi connectivity index (χ0n) is 22.0. The molecule has 0 aromatic carbocycles. The van der Waals surface area contributed by atoms with Crippen LogP contribution in [0.25, 0.3) is 0 Å². The Kier molecular flexibility index (Phi) is 12.8. The van der Waals surface area contributed by atoms with Crippen LogP contribution in [0.2, 0.25) is 0 Å². The average molecular weight is 575 g/mol. The summed E-state index contributed by atoms with van der Waals surface area (Å²) >= 11 is 0. The van der Waals surface area contributed by atoms with E-state index in [1.165, 1.54) is 166 Å². The third kappa shape index (κ3) is 7.53. The van der Waals surface area contributed by atoms with Gasteiger partial charge in [0.05, 0.1) is 26.2 Å². The number of nitrogens with zero attached hydrogens (tertiary/aromatic N) is 4. The second kappa shape index (κ2) is 15.0. The summed E-state index contributed by atoms with van der Waals surface area (Å²) < 4.78 is 1.44. The Morgan fingerprint density at radius 3 is 1.42 bits per heavy atom. The molecule has 0 saturated carbocycles. The van der Waals surface area contributed by atoms with E-state index in [4.69, 9.17) is 0 Å².